The number of furan rings is 1. The highest BCUT2D eigenvalue weighted by molar-refractivity contribution is 5.99. The first-order chi connectivity index (χ1) is 14.2. The van der Waals surface area contributed by atoms with Crippen LogP contribution >= 0.6 is 0 Å². The van der Waals surface area contributed by atoms with Crippen LogP contribution in [0.5, 0.6) is 0 Å². The Morgan fingerprint density at radius 3 is 2.72 bits per heavy atom. The molecule has 2 aliphatic heterocycles. The zero-order valence-corrected chi connectivity index (χ0v) is 15.9. The number of pyridine rings is 1. The third-order valence-electron chi connectivity index (χ3n) is 4.53. The maximum Gasteiger partial charge on any atom is 0.282 e. The lowest BCUT2D eigenvalue weighted by Crippen LogP contribution is -2.25. The first-order valence-electron chi connectivity index (χ1n) is 9.15. The van der Waals surface area contributed by atoms with Crippen molar-refractivity contribution in [2.45, 2.75) is 13.1 Å². The number of nitrogens with one attached hydrogen (secondary N) is 1. The predicted octanol–water partition coefficient (Wildman–Crippen LogP) is 2.31. The fraction of sp³-hybridized carbons (Fsp3) is 0.190. The normalized spacial score (nSPS) is 11.1. The highest BCUT2D eigenvalue weighted by Crippen LogP contribution is 2.22. The molecule has 1 aromatic heterocycles. The molecule has 3 heterocycles. The van der Waals surface area contributed by atoms with Gasteiger partial charge in [0.25, 0.3) is 11.5 Å². The van der Waals surface area contributed by atoms with Crippen LogP contribution in [-0.2, 0) is 17.8 Å². The Bertz CT molecular complexity index is 1130. The van der Waals surface area contributed by atoms with Gasteiger partial charge in [-0.2, -0.15) is 9.78 Å². The average molecular weight is 392 g/mol. The molecule has 0 spiro atoms. The number of methoxy groups -OCH3 is 1. The molecule has 1 amide bonds. The molecule has 0 saturated carbocycles. The van der Waals surface area contributed by atoms with Gasteiger partial charge in [-0.15, -0.1) is 0 Å². The molecule has 1 aromatic carbocycles. The minimum atomic E-state index is -0.337. The summed E-state index contributed by atoms with van der Waals surface area (Å²) in [6.45, 7) is 1.19. The van der Waals surface area contributed by atoms with Crippen molar-refractivity contribution < 1.29 is 13.9 Å². The third kappa shape index (κ3) is 3.83. The Balaban J connectivity index is 1.76. The van der Waals surface area contributed by atoms with Crippen LogP contribution in [0.3, 0.4) is 0 Å². The van der Waals surface area contributed by atoms with E-state index in [1.807, 2.05) is 18.2 Å². The smallest absolute Gasteiger partial charge is 0.282 e. The first kappa shape index (κ1) is 18.7. The van der Waals surface area contributed by atoms with E-state index in [1.54, 1.807) is 54.6 Å². The van der Waals surface area contributed by atoms with Crippen molar-refractivity contribution in [3.63, 3.8) is 0 Å². The highest BCUT2D eigenvalue weighted by Gasteiger charge is 2.24. The Hall–Kier alpha value is -3.65. The summed E-state index contributed by atoms with van der Waals surface area (Å²) in [5, 5.41) is 7.26. The van der Waals surface area contributed by atoms with Crippen LogP contribution in [-0.4, -0.2) is 34.0 Å². The van der Waals surface area contributed by atoms with Crippen molar-refractivity contribution in [1.82, 2.24) is 19.7 Å². The van der Waals surface area contributed by atoms with Gasteiger partial charge in [-0.25, -0.2) is 0 Å². The standard InChI is InChI=1S/C21H20N4O4/c1-28-11-9-24-13-17(20(26)22-12-16-8-5-10-29-16)19-18(14-24)21(27)25(23-19)15-6-3-2-4-7-15/h2-8,10,13-14H,9,11-12H2,1H3,(H,22,26). The fourth-order valence-corrected chi connectivity index (χ4v) is 3.07. The quantitative estimate of drug-likeness (QED) is 0.521. The van der Waals surface area contributed by atoms with Gasteiger partial charge in [-0.1, -0.05) is 18.2 Å². The molecule has 0 unspecified atom stereocenters. The number of fused-ring (bicyclic) bond motifs is 1. The molecule has 0 saturated heterocycles. The van der Waals surface area contributed by atoms with Crippen molar-refractivity contribution in [2.75, 3.05) is 13.7 Å². The minimum absolute atomic E-state index is 0.240. The van der Waals surface area contributed by atoms with Crippen molar-refractivity contribution in [2.24, 2.45) is 0 Å². The molecule has 0 aliphatic carbocycles. The molecule has 0 fully saturated rings. The summed E-state index contributed by atoms with van der Waals surface area (Å²) in [5.74, 6) is 0.299. The second kappa shape index (κ2) is 8.15. The summed E-state index contributed by atoms with van der Waals surface area (Å²) in [6, 6.07) is 12.6. The molecule has 8 nitrogen and oxygen atoms in total. The predicted molar refractivity (Wildman–Crippen MR) is 106 cm³/mol. The maximum atomic E-state index is 13.0. The van der Waals surface area contributed by atoms with E-state index < -0.39 is 0 Å². The Morgan fingerprint density at radius 1 is 1.17 bits per heavy atom. The molecule has 8 heteroatoms. The molecular formula is C21H20N4O4. The number of carbonyl (C=O) groups is 1. The van der Waals surface area contributed by atoms with E-state index in [4.69, 9.17) is 9.15 Å². The van der Waals surface area contributed by atoms with Gasteiger partial charge in [0.15, 0.2) is 0 Å². The number of nitrogens with zero attached hydrogens (tertiary/aromatic N) is 3. The third-order valence-corrected chi connectivity index (χ3v) is 4.53. The van der Waals surface area contributed by atoms with Crippen molar-refractivity contribution in [3.8, 4) is 16.9 Å². The van der Waals surface area contributed by atoms with Gasteiger partial charge in [0.05, 0.1) is 36.2 Å². The van der Waals surface area contributed by atoms with E-state index >= 15 is 0 Å². The second-order valence-corrected chi connectivity index (χ2v) is 6.48. The molecule has 0 radical (unpaired) electrons. The Labute approximate surface area is 166 Å². The minimum Gasteiger partial charge on any atom is -0.467 e. The van der Waals surface area contributed by atoms with Crippen LogP contribution in [0.15, 0.2) is 70.3 Å². The molecule has 2 aromatic rings. The van der Waals surface area contributed by atoms with E-state index in [2.05, 4.69) is 10.4 Å². The van der Waals surface area contributed by atoms with Crippen LogP contribution in [0.1, 0.15) is 16.1 Å². The first-order valence-corrected chi connectivity index (χ1v) is 9.15. The molecular weight excluding hydrogens is 372 g/mol. The summed E-state index contributed by atoms with van der Waals surface area (Å²) < 4.78 is 13.5. The van der Waals surface area contributed by atoms with E-state index in [9.17, 15) is 9.59 Å². The van der Waals surface area contributed by atoms with E-state index in [-0.39, 0.29) is 18.0 Å². The topological polar surface area (TPSA) is 91.3 Å². The van der Waals surface area contributed by atoms with Gasteiger partial charge in [0.1, 0.15) is 11.5 Å². The van der Waals surface area contributed by atoms with Crippen LogP contribution in [0.4, 0.5) is 0 Å². The number of benzene rings is 1. The van der Waals surface area contributed by atoms with Gasteiger partial charge in [-0.05, 0) is 24.3 Å². The molecule has 0 atom stereocenters. The summed E-state index contributed by atoms with van der Waals surface area (Å²) in [4.78, 5) is 25.9. The van der Waals surface area contributed by atoms with Crippen molar-refractivity contribution in [1.29, 1.82) is 0 Å². The van der Waals surface area contributed by atoms with Gasteiger partial charge in [0, 0.05) is 26.0 Å². The molecule has 148 valence electrons. The zero-order chi connectivity index (χ0) is 20.2. The van der Waals surface area contributed by atoms with Gasteiger partial charge in [0.2, 0.25) is 0 Å². The molecule has 0 bridgehead atoms. The lowest BCUT2D eigenvalue weighted by Gasteiger charge is -2.12. The summed E-state index contributed by atoms with van der Waals surface area (Å²) in [6.07, 6.45) is 4.93. The van der Waals surface area contributed by atoms with Crippen molar-refractivity contribution in [3.05, 3.63) is 82.8 Å². The number of aromatic nitrogens is 3. The largest absolute Gasteiger partial charge is 0.467 e. The average Bonchev–Trinajstić information content (AvgIpc) is 3.39. The van der Waals surface area contributed by atoms with Gasteiger partial charge < -0.3 is 19.0 Å². The van der Waals surface area contributed by atoms with Crippen LogP contribution < -0.4 is 10.9 Å². The molecule has 2 aliphatic rings. The number of rotatable bonds is 7. The number of amides is 1. The molecule has 4 rings (SSSR count). The van der Waals surface area contributed by atoms with E-state index in [1.165, 1.54) is 4.68 Å². The lowest BCUT2D eigenvalue weighted by atomic mass is 10.1. The summed E-state index contributed by atoms with van der Waals surface area (Å²) in [5.41, 5.74) is 1.40. The number of hydrogen-bond acceptors (Lipinski definition) is 5. The number of ether oxygens (including phenoxy) is 1. The van der Waals surface area contributed by atoms with Gasteiger partial charge in [-0.3, -0.25) is 9.59 Å². The second-order valence-electron chi connectivity index (χ2n) is 6.48. The number of carbonyl (C=O) groups excluding carboxylic acids is 1. The van der Waals surface area contributed by atoms with Crippen LogP contribution in [0.25, 0.3) is 16.9 Å². The van der Waals surface area contributed by atoms with Crippen LogP contribution in [0.2, 0.25) is 0 Å². The van der Waals surface area contributed by atoms with Crippen molar-refractivity contribution >= 4 is 5.91 Å². The molecule has 1 N–H and O–H groups in total. The Morgan fingerprint density at radius 2 is 2.00 bits per heavy atom. The van der Waals surface area contributed by atoms with Crippen LogP contribution in [0, 0.1) is 0 Å². The number of hydrogen-bond donors (Lipinski definition) is 1. The highest BCUT2D eigenvalue weighted by atomic mass is 16.5. The SMILES string of the molecule is COCCn1cc(C(=O)NCc2ccco2)c2nn(-c3ccccc3)c(=O)c-2c1. The molecule has 29 heavy (non-hydrogen) atoms. The fourth-order valence-electron chi connectivity index (χ4n) is 3.07. The summed E-state index contributed by atoms with van der Waals surface area (Å²) >= 11 is 0. The maximum absolute atomic E-state index is 13.0. The van der Waals surface area contributed by atoms with Gasteiger partial charge >= 0.3 is 0 Å². The summed E-state index contributed by atoms with van der Waals surface area (Å²) in [7, 11) is 1.60. The zero-order valence-electron chi connectivity index (χ0n) is 15.9. The lowest BCUT2D eigenvalue weighted by molar-refractivity contribution is 0.0947. The van der Waals surface area contributed by atoms with E-state index in [0.29, 0.717) is 41.4 Å². The monoisotopic (exact) mass is 392 g/mol. The van der Waals surface area contributed by atoms with E-state index in [0.717, 1.165) is 0 Å². The Kier molecular flexibility index (Phi) is 5.26. The number of para-hydroxylation sites is 1.